The minimum atomic E-state index is 0.0112. The van der Waals surface area contributed by atoms with Crippen LogP contribution in [0.25, 0.3) is 10.8 Å². The van der Waals surface area contributed by atoms with Crippen LogP contribution in [0.5, 0.6) is 5.75 Å². The van der Waals surface area contributed by atoms with Gasteiger partial charge in [-0.1, -0.05) is 48.5 Å². The van der Waals surface area contributed by atoms with Crippen molar-refractivity contribution in [2.75, 3.05) is 14.2 Å². The van der Waals surface area contributed by atoms with Crippen LogP contribution in [0, 0.1) is 6.92 Å². The zero-order valence-electron chi connectivity index (χ0n) is 14.2. The van der Waals surface area contributed by atoms with Crippen molar-refractivity contribution in [2.45, 2.75) is 13.5 Å². The lowest BCUT2D eigenvalue weighted by Gasteiger charge is -2.20. The van der Waals surface area contributed by atoms with E-state index >= 15 is 0 Å². The quantitative estimate of drug-likeness (QED) is 0.712. The van der Waals surface area contributed by atoms with E-state index in [2.05, 4.69) is 19.1 Å². The van der Waals surface area contributed by atoms with Crippen molar-refractivity contribution in [3.63, 3.8) is 0 Å². The molecule has 3 aromatic carbocycles. The topological polar surface area (TPSA) is 29.5 Å². The van der Waals surface area contributed by atoms with Crippen molar-refractivity contribution in [1.29, 1.82) is 0 Å². The Hall–Kier alpha value is -2.81. The first kappa shape index (κ1) is 16.1. The van der Waals surface area contributed by atoms with Crippen LogP contribution in [-0.2, 0) is 6.54 Å². The summed E-state index contributed by atoms with van der Waals surface area (Å²) in [7, 11) is 3.49. The molecule has 122 valence electrons. The average molecular weight is 319 g/mol. The fourth-order valence-electron chi connectivity index (χ4n) is 2.96. The number of nitrogens with zero attached hydrogens (tertiary/aromatic N) is 1. The van der Waals surface area contributed by atoms with Gasteiger partial charge in [0.2, 0.25) is 0 Å². The van der Waals surface area contributed by atoms with Crippen molar-refractivity contribution in [3.05, 3.63) is 77.4 Å². The predicted molar refractivity (Wildman–Crippen MR) is 97.5 cm³/mol. The largest absolute Gasteiger partial charge is 0.496 e. The monoisotopic (exact) mass is 319 g/mol. The Balaban J connectivity index is 1.95. The van der Waals surface area contributed by atoms with E-state index in [1.165, 1.54) is 5.56 Å². The Morgan fingerprint density at radius 2 is 1.62 bits per heavy atom. The average Bonchev–Trinajstić information content (AvgIpc) is 2.62. The minimum absolute atomic E-state index is 0.0112. The second-order valence-electron chi connectivity index (χ2n) is 5.95. The summed E-state index contributed by atoms with van der Waals surface area (Å²) in [6, 6.07) is 19.7. The summed E-state index contributed by atoms with van der Waals surface area (Å²) >= 11 is 0. The normalized spacial score (nSPS) is 10.6. The molecule has 0 aliphatic rings. The third kappa shape index (κ3) is 2.98. The minimum Gasteiger partial charge on any atom is -0.496 e. The van der Waals surface area contributed by atoms with Crippen LogP contribution in [0.2, 0.25) is 0 Å². The van der Waals surface area contributed by atoms with Crippen molar-refractivity contribution in [3.8, 4) is 5.75 Å². The lowest BCUT2D eigenvalue weighted by Crippen LogP contribution is -2.26. The van der Waals surface area contributed by atoms with Crippen LogP contribution >= 0.6 is 0 Å². The first-order valence-corrected chi connectivity index (χ1v) is 7.97. The van der Waals surface area contributed by atoms with Crippen LogP contribution in [0.1, 0.15) is 21.5 Å². The molecule has 0 heterocycles. The van der Waals surface area contributed by atoms with Gasteiger partial charge < -0.3 is 9.64 Å². The standard InChI is InChI=1S/C21H21NO2/c1-15-8-4-5-9-16(15)14-22(2)21(23)19-12-13-20(24-3)18-11-7-6-10-17(18)19/h4-13H,14H2,1-3H3. The van der Waals surface area contributed by atoms with Crippen LogP contribution in [0.15, 0.2) is 60.7 Å². The number of hydrogen-bond donors (Lipinski definition) is 0. The molecule has 0 spiro atoms. The van der Waals surface area contributed by atoms with Gasteiger partial charge in [-0.2, -0.15) is 0 Å². The van der Waals surface area contributed by atoms with Crippen molar-refractivity contribution in [2.24, 2.45) is 0 Å². The van der Waals surface area contributed by atoms with Crippen LogP contribution in [0.4, 0.5) is 0 Å². The molecule has 0 radical (unpaired) electrons. The highest BCUT2D eigenvalue weighted by Gasteiger charge is 2.17. The molecule has 0 fully saturated rings. The molecule has 0 aliphatic heterocycles. The van der Waals surface area contributed by atoms with Gasteiger partial charge in [-0.15, -0.1) is 0 Å². The highest BCUT2D eigenvalue weighted by atomic mass is 16.5. The number of carbonyl (C=O) groups is 1. The van der Waals surface area contributed by atoms with Gasteiger partial charge in [0, 0.05) is 24.5 Å². The van der Waals surface area contributed by atoms with E-state index in [0.29, 0.717) is 12.1 Å². The SMILES string of the molecule is COc1ccc(C(=O)N(C)Cc2ccccc2C)c2ccccc12. The summed E-state index contributed by atoms with van der Waals surface area (Å²) in [5.74, 6) is 0.792. The highest BCUT2D eigenvalue weighted by molar-refractivity contribution is 6.08. The number of amides is 1. The number of rotatable bonds is 4. The maximum atomic E-state index is 13.0. The molecular formula is C21H21NO2. The summed E-state index contributed by atoms with van der Waals surface area (Å²) in [5, 5.41) is 1.87. The molecule has 0 bridgehead atoms. The number of aryl methyl sites for hydroxylation is 1. The molecule has 0 saturated heterocycles. The molecular weight excluding hydrogens is 298 g/mol. The van der Waals surface area contributed by atoms with Gasteiger partial charge in [0.15, 0.2) is 0 Å². The Morgan fingerprint density at radius 1 is 0.958 bits per heavy atom. The molecule has 3 aromatic rings. The van der Waals surface area contributed by atoms with Gasteiger partial charge >= 0.3 is 0 Å². The second kappa shape index (κ2) is 6.75. The molecule has 0 aromatic heterocycles. The van der Waals surface area contributed by atoms with Crippen molar-refractivity contribution < 1.29 is 9.53 Å². The van der Waals surface area contributed by atoms with E-state index in [9.17, 15) is 4.79 Å². The summed E-state index contributed by atoms with van der Waals surface area (Å²) in [6.07, 6.45) is 0. The molecule has 3 rings (SSSR count). The van der Waals surface area contributed by atoms with Gasteiger partial charge in [0.05, 0.1) is 7.11 Å². The molecule has 0 saturated carbocycles. The van der Waals surface area contributed by atoms with Gasteiger partial charge in [0.1, 0.15) is 5.75 Å². The van der Waals surface area contributed by atoms with Crippen LogP contribution in [0.3, 0.4) is 0 Å². The third-order valence-electron chi connectivity index (χ3n) is 4.35. The molecule has 0 atom stereocenters. The third-order valence-corrected chi connectivity index (χ3v) is 4.35. The van der Waals surface area contributed by atoms with Gasteiger partial charge in [-0.05, 0) is 35.6 Å². The summed E-state index contributed by atoms with van der Waals surface area (Å²) in [5.41, 5.74) is 3.05. The maximum Gasteiger partial charge on any atom is 0.254 e. The Kier molecular flexibility index (Phi) is 4.52. The van der Waals surface area contributed by atoms with Gasteiger partial charge in [0.25, 0.3) is 5.91 Å². The number of fused-ring (bicyclic) bond motifs is 1. The Morgan fingerprint density at radius 3 is 2.33 bits per heavy atom. The number of hydrogen-bond acceptors (Lipinski definition) is 2. The zero-order chi connectivity index (χ0) is 17.1. The molecule has 1 amide bonds. The molecule has 0 N–H and O–H groups in total. The number of ether oxygens (including phenoxy) is 1. The molecule has 0 aliphatic carbocycles. The molecule has 3 nitrogen and oxygen atoms in total. The smallest absolute Gasteiger partial charge is 0.254 e. The summed E-state index contributed by atoms with van der Waals surface area (Å²) in [6.45, 7) is 2.66. The van der Waals surface area contributed by atoms with E-state index in [4.69, 9.17) is 4.74 Å². The van der Waals surface area contributed by atoms with Gasteiger partial charge in [-0.25, -0.2) is 0 Å². The fourth-order valence-corrected chi connectivity index (χ4v) is 2.96. The van der Waals surface area contributed by atoms with E-state index in [-0.39, 0.29) is 5.91 Å². The predicted octanol–water partition coefficient (Wildman–Crippen LogP) is 4.43. The highest BCUT2D eigenvalue weighted by Crippen LogP contribution is 2.29. The summed E-state index contributed by atoms with van der Waals surface area (Å²) < 4.78 is 5.41. The molecule has 24 heavy (non-hydrogen) atoms. The lowest BCUT2D eigenvalue weighted by molar-refractivity contribution is 0.0787. The van der Waals surface area contributed by atoms with E-state index in [1.54, 1.807) is 12.0 Å². The first-order valence-electron chi connectivity index (χ1n) is 7.97. The first-order chi connectivity index (χ1) is 11.6. The van der Waals surface area contributed by atoms with E-state index < -0.39 is 0 Å². The van der Waals surface area contributed by atoms with Crippen molar-refractivity contribution >= 4 is 16.7 Å². The fraction of sp³-hybridized carbons (Fsp3) is 0.190. The number of benzene rings is 3. The van der Waals surface area contributed by atoms with Crippen LogP contribution < -0.4 is 4.74 Å². The summed E-state index contributed by atoms with van der Waals surface area (Å²) in [4.78, 5) is 14.7. The Labute approximate surface area is 142 Å². The van der Waals surface area contributed by atoms with Crippen molar-refractivity contribution in [1.82, 2.24) is 4.90 Å². The Bertz CT molecular complexity index is 886. The van der Waals surface area contributed by atoms with Crippen LogP contribution in [-0.4, -0.2) is 25.0 Å². The van der Waals surface area contributed by atoms with E-state index in [1.807, 2.05) is 55.6 Å². The number of methoxy groups -OCH3 is 1. The number of carbonyl (C=O) groups excluding carboxylic acids is 1. The lowest BCUT2D eigenvalue weighted by atomic mass is 10.0. The van der Waals surface area contributed by atoms with Gasteiger partial charge in [-0.3, -0.25) is 4.79 Å². The van der Waals surface area contributed by atoms with E-state index in [0.717, 1.165) is 22.1 Å². The molecule has 3 heteroatoms. The zero-order valence-corrected chi connectivity index (χ0v) is 14.2. The second-order valence-corrected chi connectivity index (χ2v) is 5.95. The molecule has 0 unspecified atom stereocenters. The maximum absolute atomic E-state index is 13.0.